The van der Waals surface area contributed by atoms with Crippen LogP contribution in [0.5, 0.6) is 0 Å². The Morgan fingerprint density at radius 3 is 2.63 bits per heavy atom. The molecule has 1 aromatic heterocycles. The molecule has 0 saturated heterocycles. The van der Waals surface area contributed by atoms with Gasteiger partial charge in [0, 0.05) is 11.9 Å². The van der Waals surface area contributed by atoms with Crippen LogP contribution in [0.15, 0.2) is 52.2 Å². The van der Waals surface area contributed by atoms with E-state index in [0.29, 0.717) is 5.17 Å². The maximum Gasteiger partial charge on any atom is 0.283 e. The van der Waals surface area contributed by atoms with Crippen LogP contribution in [0.25, 0.3) is 11.8 Å². The first kappa shape index (κ1) is 20.3. The maximum atomic E-state index is 12.7. The minimum atomic E-state index is -0.391. The summed E-state index contributed by atoms with van der Waals surface area (Å²) >= 11 is 1.40. The number of aliphatic imine (C=N–C) groups is 1. The number of amidine groups is 2. The molecule has 1 N–H and O–H groups in total. The molecule has 0 radical (unpaired) electrons. The molecule has 154 valence electrons. The van der Waals surface area contributed by atoms with E-state index in [1.165, 1.54) is 16.8 Å². The molecule has 0 saturated carbocycles. The third kappa shape index (κ3) is 3.77. The van der Waals surface area contributed by atoms with Crippen molar-refractivity contribution in [1.29, 1.82) is 5.41 Å². The number of aromatic nitrogens is 1. The summed E-state index contributed by atoms with van der Waals surface area (Å²) in [6, 6.07) is 10.1. The minimum absolute atomic E-state index is 0.0808. The number of hydrazone groups is 1. The third-order valence-electron chi connectivity index (χ3n) is 5.24. The van der Waals surface area contributed by atoms with Crippen LogP contribution < -0.4 is 0 Å². The van der Waals surface area contributed by atoms with E-state index in [1.54, 1.807) is 6.08 Å². The molecule has 3 heterocycles. The van der Waals surface area contributed by atoms with Gasteiger partial charge in [0.2, 0.25) is 5.17 Å². The number of nitrogens with zero attached hydrogens (tertiary/aromatic N) is 4. The highest BCUT2D eigenvalue weighted by molar-refractivity contribution is 8.26. The van der Waals surface area contributed by atoms with Crippen molar-refractivity contribution in [3.8, 4) is 5.69 Å². The van der Waals surface area contributed by atoms with E-state index in [9.17, 15) is 4.79 Å². The molecule has 0 fully saturated rings. The van der Waals surface area contributed by atoms with Crippen molar-refractivity contribution >= 4 is 39.8 Å². The Morgan fingerprint density at radius 2 is 1.90 bits per heavy atom. The number of thioether (sulfide) groups is 1. The zero-order valence-electron chi connectivity index (χ0n) is 17.5. The second kappa shape index (κ2) is 8.44. The lowest BCUT2D eigenvalue weighted by molar-refractivity contribution is -0.114. The maximum absolute atomic E-state index is 12.7. The summed E-state index contributed by atoms with van der Waals surface area (Å²) < 4.78 is 2.05. The van der Waals surface area contributed by atoms with E-state index < -0.39 is 5.91 Å². The predicted molar refractivity (Wildman–Crippen MR) is 124 cm³/mol. The molecule has 2 aliphatic heterocycles. The van der Waals surface area contributed by atoms with Gasteiger partial charge in [0.15, 0.2) is 5.84 Å². The fraction of sp³-hybridized carbons (Fsp3) is 0.304. The quantitative estimate of drug-likeness (QED) is 0.510. The Bertz CT molecular complexity index is 1090. The van der Waals surface area contributed by atoms with E-state index in [0.717, 1.165) is 53.2 Å². The van der Waals surface area contributed by atoms with Crippen molar-refractivity contribution in [1.82, 2.24) is 9.58 Å². The number of hydrogen-bond donors (Lipinski definition) is 1. The van der Waals surface area contributed by atoms with Gasteiger partial charge in [-0.05, 0) is 67.8 Å². The highest BCUT2D eigenvalue weighted by atomic mass is 32.2. The molecule has 0 spiro atoms. The molecule has 0 aliphatic carbocycles. The molecule has 0 atom stereocenters. The van der Waals surface area contributed by atoms with Gasteiger partial charge in [-0.2, -0.15) is 15.1 Å². The van der Waals surface area contributed by atoms with Crippen molar-refractivity contribution in [2.75, 3.05) is 0 Å². The highest BCUT2D eigenvalue weighted by Gasteiger charge is 2.35. The van der Waals surface area contributed by atoms with Gasteiger partial charge < -0.3 is 4.57 Å². The predicted octanol–water partition coefficient (Wildman–Crippen LogP) is 5.29. The average Bonchev–Trinajstić information content (AvgIpc) is 3.32. The van der Waals surface area contributed by atoms with Crippen LogP contribution in [0.1, 0.15) is 49.4 Å². The first-order valence-corrected chi connectivity index (χ1v) is 11.0. The molecule has 1 amide bonds. The molecular formula is C23H25N5OS. The summed E-state index contributed by atoms with van der Waals surface area (Å²) in [5.74, 6) is -0.310. The molecular weight excluding hydrogens is 394 g/mol. The zero-order valence-corrected chi connectivity index (χ0v) is 18.3. The summed E-state index contributed by atoms with van der Waals surface area (Å²) in [4.78, 5) is 16.9. The number of amides is 1. The SMILES string of the molecule is CCCCCC1=NN2C(=N)/C(=C/c3cccn3-c3c(C)cccc3C)C(=O)N=C2S1. The molecule has 0 unspecified atom stereocenters. The van der Waals surface area contributed by atoms with Crippen LogP contribution in [0, 0.1) is 19.3 Å². The Morgan fingerprint density at radius 1 is 1.13 bits per heavy atom. The minimum Gasteiger partial charge on any atom is -0.317 e. The fourth-order valence-electron chi connectivity index (χ4n) is 3.71. The molecule has 0 bridgehead atoms. The van der Waals surface area contributed by atoms with E-state index in [-0.39, 0.29) is 11.4 Å². The molecule has 2 aromatic rings. The lowest BCUT2D eigenvalue weighted by atomic mass is 10.1. The molecule has 30 heavy (non-hydrogen) atoms. The lowest BCUT2D eigenvalue weighted by Gasteiger charge is -2.20. The van der Waals surface area contributed by atoms with E-state index >= 15 is 0 Å². The summed E-state index contributed by atoms with van der Waals surface area (Å²) in [7, 11) is 0. The van der Waals surface area contributed by atoms with Crippen LogP contribution >= 0.6 is 11.8 Å². The Hall–Kier alpha value is -2.93. The Kier molecular flexibility index (Phi) is 5.72. The van der Waals surface area contributed by atoms with Crippen molar-refractivity contribution in [2.45, 2.75) is 46.5 Å². The number of hydrogen-bond acceptors (Lipinski definition) is 4. The molecule has 2 aliphatic rings. The number of benzene rings is 1. The van der Waals surface area contributed by atoms with E-state index in [2.05, 4.69) is 47.6 Å². The summed E-state index contributed by atoms with van der Waals surface area (Å²) in [5, 5.41) is 16.0. The van der Waals surface area contributed by atoms with Crippen LogP contribution in [-0.2, 0) is 4.79 Å². The van der Waals surface area contributed by atoms with Crippen LogP contribution in [0.2, 0.25) is 0 Å². The van der Waals surface area contributed by atoms with Gasteiger partial charge in [0.1, 0.15) is 5.04 Å². The monoisotopic (exact) mass is 419 g/mol. The number of carbonyl (C=O) groups excluding carboxylic acids is 1. The first-order valence-electron chi connectivity index (χ1n) is 10.2. The van der Waals surface area contributed by atoms with Crippen molar-refractivity contribution < 1.29 is 4.79 Å². The normalized spacial score (nSPS) is 17.4. The number of para-hydroxylation sites is 1. The Balaban J connectivity index is 1.66. The number of rotatable bonds is 6. The lowest BCUT2D eigenvalue weighted by Crippen LogP contribution is -2.35. The van der Waals surface area contributed by atoms with Crippen molar-refractivity contribution in [3.05, 3.63) is 58.9 Å². The van der Waals surface area contributed by atoms with Crippen molar-refractivity contribution in [3.63, 3.8) is 0 Å². The highest BCUT2D eigenvalue weighted by Crippen LogP contribution is 2.30. The molecule has 1 aromatic carbocycles. The topological polar surface area (TPSA) is 73.8 Å². The van der Waals surface area contributed by atoms with E-state index in [1.807, 2.05) is 24.4 Å². The smallest absolute Gasteiger partial charge is 0.283 e. The summed E-state index contributed by atoms with van der Waals surface area (Å²) in [6.07, 6.45) is 7.91. The van der Waals surface area contributed by atoms with Gasteiger partial charge in [-0.1, -0.05) is 38.0 Å². The van der Waals surface area contributed by atoms with Gasteiger partial charge in [0.05, 0.1) is 11.3 Å². The van der Waals surface area contributed by atoms with Gasteiger partial charge in [0.25, 0.3) is 5.91 Å². The van der Waals surface area contributed by atoms with Crippen LogP contribution in [-0.4, -0.2) is 31.5 Å². The van der Waals surface area contributed by atoms with Crippen molar-refractivity contribution in [2.24, 2.45) is 10.1 Å². The van der Waals surface area contributed by atoms with Crippen LogP contribution in [0.4, 0.5) is 0 Å². The van der Waals surface area contributed by atoms with E-state index in [4.69, 9.17) is 5.41 Å². The first-order chi connectivity index (χ1) is 14.5. The summed E-state index contributed by atoms with van der Waals surface area (Å²) in [5.41, 5.74) is 4.46. The van der Waals surface area contributed by atoms with Gasteiger partial charge in [-0.15, -0.1) is 0 Å². The standard InChI is InChI=1S/C23H25N5OS/c1-4-5-6-12-19-26-28-21(24)18(22(29)25-23(28)30-19)14-17-11-8-13-27(17)20-15(2)9-7-10-16(20)3/h7-11,13-14,24H,4-6,12H2,1-3H3/b18-14-,24-21?. The average molecular weight is 420 g/mol. The number of carbonyl (C=O) groups is 1. The zero-order chi connectivity index (χ0) is 21.3. The van der Waals surface area contributed by atoms with Gasteiger partial charge in [-0.3, -0.25) is 10.2 Å². The van der Waals surface area contributed by atoms with Gasteiger partial charge in [-0.25, -0.2) is 0 Å². The van der Waals surface area contributed by atoms with Crippen LogP contribution in [0.3, 0.4) is 0 Å². The largest absolute Gasteiger partial charge is 0.317 e. The third-order valence-corrected chi connectivity index (χ3v) is 6.21. The second-order valence-electron chi connectivity index (χ2n) is 7.51. The molecule has 6 nitrogen and oxygen atoms in total. The fourth-order valence-corrected chi connectivity index (χ4v) is 4.63. The Labute approximate surface area is 180 Å². The van der Waals surface area contributed by atoms with Gasteiger partial charge >= 0.3 is 0 Å². The number of aryl methyl sites for hydroxylation is 2. The molecule has 4 rings (SSSR count). The molecule has 7 heteroatoms. The number of fused-ring (bicyclic) bond motifs is 1. The number of unbranched alkanes of at least 4 members (excludes halogenated alkanes) is 2. The summed E-state index contributed by atoms with van der Waals surface area (Å²) in [6.45, 7) is 6.30. The number of nitrogens with one attached hydrogen (secondary N) is 1. The second-order valence-corrected chi connectivity index (χ2v) is 8.55.